The van der Waals surface area contributed by atoms with Crippen molar-refractivity contribution in [1.29, 1.82) is 5.26 Å². The molecule has 0 spiro atoms. The van der Waals surface area contributed by atoms with Gasteiger partial charge in [0, 0.05) is 22.5 Å². The lowest BCUT2D eigenvalue weighted by molar-refractivity contribution is 0.669. The van der Waals surface area contributed by atoms with Crippen LogP contribution >= 0.6 is 0 Å². The second kappa shape index (κ2) is 6.12. The smallest absolute Gasteiger partial charge is 0.136 e. The van der Waals surface area contributed by atoms with Gasteiger partial charge in [-0.15, -0.1) is 0 Å². The molecular formula is C24H14N2O. The van der Waals surface area contributed by atoms with Crippen LogP contribution in [0.3, 0.4) is 0 Å². The Hall–Kier alpha value is -3.90. The third-order valence-electron chi connectivity index (χ3n) is 4.77. The van der Waals surface area contributed by atoms with Crippen LogP contribution in [0.2, 0.25) is 0 Å². The third kappa shape index (κ3) is 2.65. The Balaban J connectivity index is 1.65. The molecule has 0 fully saturated rings. The molecule has 0 N–H and O–H groups in total. The van der Waals surface area contributed by atoms with E-state index in [4.69, 9.17) is 9.68 Å². The lowest BCUT2D eigenvalue weighted by Crippen LogP contribution is -1.84. The molecule has 0 aliphatic heterocycles. The third-order valence-corrected chi connectivity index (χ3v) is 4.77. The van der Waals surface area contributed by atoms with E-state index in [1.165, 1.54) is 0 Å². The van der Waals surface area contributed by atoms with Gasteiger partial charge in [-0.3, -0.25) is 4.98 Å². The minimum absolute atomic E-state index is 0.595. The molecule has 0 amide bonds. The molecule has 0 aliphatic rings. The lowest BCUT2D eigenvalue weighted by atomic mass is 10.0. The molecule has 0 saturated heterocycles. The van der Waals surface area contributed by atoms with Crippen LogP contribution in [0.15, 0.2) is 89.5 Å². The van der Waals surface area contributed by atoms with Crippen molar-refractivity contribution in [3.05, 3.63) is 90.6 Å². The van der Waals surface area contributed by atoms with Crippen LogP contribution in [0, 0.1) is 11.3 Å². The van der Waals surface area contributed by atoms with Crippen molar-refractivity contribution < 1.29 is 4.42 Å². The molecular weight excluding hydrogens is 332 g/mol. The molecule has 0 unspecified atom stereocenters. The summed E-state index contributed by atoms with van der Waals surface area (Å²) in [4.78, 5) is 4.38. The van der Waals surface area contributed by atoms with Crippen LogP contribution in [0.4, 0.5) is 0 Å². The number of aromatic nitrogens is 1. The van der Waals surface area contributed by atoms with Crippen molar-refractivity contribution in [3.63, 3.8) is 0 Å². The van der Waals surface area contributed by atoms with Gasteiger partial charge in [-0.1, -0.05) is 42.5 Å². The molecule has 27 heavy (non-hydrogen) atoms. The molecule has 0 aliphatic carbocycles. The van der Waals surface area contributed by atoms with Gasteiger partial charge in [0.1, 0.15) is 11.2 Å². The summed E-state index contributed by atoms with van der Waals surface area (Å²) < 4.78 is 6.14. The summed E-state index contributed by atoms with van der Waals surface area (Å²) in [7, 11) is 0. The molecule has 0 bridgehead atoms. The van der Waals surface area contributed by atoms with Crippen molar-refractivity contribution in [2.45, 2.75) is 0 Å². The number of hydrogen-bond acceptors (Lipinski definition) is 3. The highest BCUT2D eigenvalue weighted by molar-refractivity contribution is 6.06. The Kier molecular flexibility index (Phi) is 3.48. The zero-order chi connectivity index (χ0) is 18.2. The predicted molar refractivity (Wildman–Crippen MR) is 107 cm³/mol. The molecule has 3 nitrogen and oxygen atoms in total. The molecule has 0 radical (unpaired) electrons. The van der Waals surface area contributed by atoms with Gasteiger partial charge in [-0.2, -0.15) is 5.26 Å². The number of fused-ring (bicyclic) bond motifs is 3. The standard InChI is InChI=1S/C24H14N2O/c25-15-16-10-11-26-22(12-16)19-7-9-21-20-8-6-18(17-4-2-1-3-5-17)13-23(20)27-24(21)14-19/h1-14H. The van der Waals surface area contributed by atoms with Crippen LogP contribution in [0.25, 0.3) is 44.3 Å². The van der Waals surface area contributed by atoms with Gasteiger partial charge in [-0.05, 0) is 47.5 Å². The molecule has 126 valence electrons. The van der Waals surface area contributed by atoms with E-state index in [2.05, 4.69) is 47.5 Å². The molecule has 5 rings (SSSR count). The van der Waals surface area contributed by atoms with Gasteiger partial charge in [0.25, 0.3) is 0 Å². The Morgan fingerprint density at radius 2 is 1.41 bits per heavy atom. The average Bonchev–Trinajstić information content (AvgIpc) is 3.11. The van der Waals surface area contributed by atoms with Gasteiger partial charge in [0.2, 0.25) is 0 Å². The Labute approximate surface area is 156 Å². The summed E-state index contributed by atoms with van der Waals surface area (Å²) in [6.45, 7) is 0. The fourth-order valence-electron chi connectivity index (χ4n) is 3.40. The first-order chi connectivity index (χ1) is 13.3. The minimum Gasteiger partial charge on any atom is -0.456 e. The molecule has 3 aromatic carbocycles. The van der Waals surface area contributed by atoms with E-state index < -0.39 is 0 Å². The topological polar surface area (TPSA) is 49.8 Å². The van der Waals surface area contributed by atoms with Crippen LogP contribution in [0.5, 0.6) is 0 Å². The van der Waals surface area contributed by atoms with E-state index in [-0.39, 0.29) is 0 Å². The van der Waals surface area contributed by atoms with Crippen LogP contribution < -0.4 is 0 Å². The second-order valence-corrected chi connectivity index (χ2v) is 6.43. The van der Waals surface area contributed by atoms with Gasteiger partial charge in [0.15, 0.2) is 0 Å². The van der Waals surface area contributed by atoms with Crippen molar-refractivity contribution in [2.75, 3.05) is 0 Å². The first-order valence-corrected chi connectivity index (χ1v) is 8.70. The van der Waals surface area contributed by atoms with Crippen molar-refractivity contribution in [1.82, 2.24) is 4.98 Å². The highest BCUT2D eigenvalue weighted by atomic mass is 16.3. The van der Waals surface area contributed by atoms with Crippen molar-refractivity contribution >= 4 is 21.9 Å². The number of rotatable bonds is 2. The molecule has 5 aromatic rings. The maximum absolute atomic E-state index is 9.10. The zero-order valence-electron chi connectivity index (χ0n) is 14.4. The van der Waals surface area contributed by atoms with Crippen LogP contribution in [-0.2, 0) is 0 Å². The summed E-state index contributed by atoms with van der Waals surface area (Å²) in [6.07, 6.45) is 1.66. The fraction of sp³-hybridized carbons (Fsp3) is 0. The summed E-state index contributed by atoms with van der Waals surface area (Å²) in [5, 5.41) is 11.3. The first-order valence-electron chi connectivity index (χ1n) is 8.70. The number of nitriles is 1. The zero-order valence-corrected chi connectivity index (χ0v) is 14.4. The van der Waals surface area contributed by atoms with Gasteiger partial charge < -0.3 is 4.42 Å². The Bertz CT molecular complexity index is 1330. The van der Waals surface area contributed by atoms with Gasteiger partial charge >= 0.3 is 0 Å². The van der Waals surface area contributed by atoms with E-state index in [1.54, 1.807) is 18.3 Å². The number of benzene rings is 3. The summed E-state index contributed by atoms with van der Waals surface area (Å²) in [5.41, 5.74) is 6.27. The van der Waals surface area contributed by atoms with Gasteiger partial charge in [0.05, 0.1) is 17.3 Å². The van der Waals surface area contributed by atoms with E-state index in [0.717, 1.165) is 44.3 Å². The van der Waals surface area contributed by atoms with E-state index in [9.17, 15) is 0 Å². The highest BCUT2D eigenvalue weighted by Gasteiger charge is 2.10. The average molecular weight is 346 g/mol. The van der Waals surface area contributed by atoms with Crippen LogP contribution in [-0.4, -0.2) is 4.98 Å². The van der Waals surface area contributed by atoms with Gasteiger partial charge in [-0.25, -0.2) is 0 Å². The van der Waals surface area contributed by atoms with E-state index >= 15 is 0 Å². The quantitative estimate of drug-likeness (QED) is 0.383. The van der Waals surface area contributed by atoms with Crippen LogP contribution in [0.1, 0.15) is 5.56 Å². The minimum atomic E-state index is 0.595. The lowest BCUT2D eigenvalue weighted by Gasteiger charge is -2.01. The fourth-order valence-corrected chi connectivity index (χ4v) is 3.40. The summed E-state index contributed by atoms with van der Waals surface area (Å²) in [6, 6.07) is 28.3. The SMILES string of the molecule is N#Cc1ccnc(-c2ccc3c(c2)oc2cc(-c4ccccc4)ccc23)c1. The monoisotopic (exact) mass is 346 g/mol. The maximum Gasteiger partial charge on any atom is 0.136 e. The summed E-state index contributed by atoms with van der Waals surface area (Å²) >= 11 is 0. The Morgan fingerprint density at radius 3 is 2.15 bits per heavy atom. The molecule has 2 heterocycles. The first kappa shape index (κ1) is 15.4. The second-order valence-electron chi connectivity index (χ2n) is 6.43. The maximum atomic E-state index is 9.10. The normalized spacial score (nSPS) is 10.9. The van der Waals surface area contributed by atoms with E-state index in [1.807, 2.05) is 30.3 Å². The molecule has 0 atom stereocenters. The number of nitrogens with zero attached hydrogens (tertiary/aromatic N) is 2. The molecule has 3 heteroatoms. The van der Waals surface area contributed by atoms with Crippen molar-refractivity contribution in [3.8, 4) is 28.5 Å². The summed E-state index contributed by atoms with van der Waals surface area (Å²) in [5.74, 6) is 0. The number of pyridine rings is 1. The molecule has 0 saturated carbocycles. The number of hydrogen-bond donors (Lipinski definition) is 0. The largest absolute Gasteiger partial charge is 0.456 e. The highest BCUT2D eigenvalue weighted by Crippen LogP contribution is 2.34. The predicted octanol–water partition coefficient (Wildman–Crippen LogP) is 6.19. The number of furan rings is 1. The molecule has 2 aromatic heterocycles. The van der Waals surface area contributed by atoms with E-state index in [0.29, 0.717) is 5.56 Å². The Morgan fingerprint density at radius 1 is 0.704 bits per heavy atom. The van der Waals surface area contributed by atoms with Crippen molar-refractivity contribution in [2.24, 2.45) is 0 Å².